The Labute approximate surface area is 99.9 Å². The standard InChI is InChI=1S/C11H17N5O/c1-8-9(5-15(4)14-8)10-12-7-13-16(10)6-11(2,3)17/h5,7,17H,6H2,1-4H3. The summed E-state index contributed by atoms with van der Waals surface area (Å²) in [6.07, 6.45) is 3.40. The molecule has 6 heteroatoms. The molecule has 2 aromatic heterocycles. The Hall–Kier alpha value is -1.69. The van der Waals surface area contributed by atoms with E-state index in [0.717, 1.165) is 17.1 Å². The molecule has 0 spiro atoms. The van der Waals surface area contributed by atoms with Gasteiger partial charge in [-0.3, -0.25) is 4.68 Å². The van der Waals surface area contributed by atoms with Crippen molar-refractivity contribution in [1.29, 1.82) is 0 Å². The summed E-state index contributed by atoms with van der Waals surface area (Å²) in [6.45, 7) is 5.82. The van der Waals surface area contributed by atoms with Gasteiger partial charge in [0.05, 0.1) is 23.4 Å². The number of aliphatic hydroxyl groups is 1. The van der Waals surface area contributed by atoms with E-state index >= 15 is 0 Å². The lowest BCUT2D eigenvalue weighted by atomic mass is 10.1. The van der Waals surface area contributed by atoms with E-state index in [1.807, 2.05) is 20.2 Å². The molecule has 1 N–H and O–H groups in total. The molecule has 0 radical (unpaired) electrons. The fraction of sp³-hybridized carbons (Fsp3) is 0.545. The topological polar surface area (TPSA) is 68.8 Å². The van der Waals surface area contributed by atoms with Crippen LogP contribution in [0.3, 0.4) is 0 Å². The van der Waals surface area contributed by atoms with Gasteiger partial charge in [0.15, 0.2) is 5.82 Å². The third kappa shape index (κ3) is 2.52. The van der Waals surface area contributed by atoms with Crippen LogP contribution < -0.4 is 0 Å². The lowest BCUT2D eigenvalue weighted by Crippen LogP contribution is -2.27. The minimum atomic E-state index is -0.821. The van der Waals surface area contributed by atoms with Gasteiger partial charge in [-0.15, -0.1) is 0 Å². The minimum absolute atomic E-state index is 0.399. The number of aromatic nitrogens is 5. The molecule has 0 unspecified atom stereocenters. The van der Waals surface area contributed by atoms with Gasteiger partial charge in [0.2, 0.25) is 0 Å². The maximum atomic E-state index is 9.83. The highest BCUT2D eigenvalue weighted by molar-refractivity contribution is 5.56. The minimum Gasteiger partial charge on any atom is -0.389 e. The second kappa shape index (κ2) is 3.96. The summed E-state index contributed by atoms with van der Waals surface area (Å²) in [4.78, 5) is 4.23. The van der Waals surface area contributed by atoms with Gasteiger partial charge < -0.3 is 5.11 Å². The number of hydrogen-bond donors (Lipinski definition) is 1. The van der Waals surface area contributed by atoms with Crippen molar-refractivity contribution in [2.24, 2.45) is 7.05 Å². The van der Waals surface area contributed by atoms with Crippen molar-refractivity contribution in [2.45, 2.75) is 32.9 Å². The molecule has 17 heavy (non-hydrogen) atoms. The Bertz CT molecular complexity index is 520. The van der Waals surface area contributed by atoms with Gasteiger partial charge in [0, 0.05) is 13.2 Å². The Morgan fingerprint density at radius 3 is 2.65 bits per heavy atom. The molecule has 2 rings (SSSR count). The van der Waals surface area contributed by atoms with Gasteiger partial charge >= 0.3 is 0 Å². The molecule has 0 bridgehead atoms. The summed E-state index contributed by atoms with van der Waals surface area (Å²) in [5, 5.41) is 18.2. The number of hydrogen-bond acceptors (Lipinski definition) is 4. The maximum absolute atomic E-state index is 9.83. The number of aryl methyl sites for hydroxylation is 2. The molecular formula is C11H17N5O. The molecule has 0 saturated carbocycles. The van der Waals surface area contributed by atoms with Gasteiger partial charge in [-0.2, -0.15) is 10.2 Å². The molecule has 0 amide bonds. The molecule has 0 fully saturated rings. The van der Waals surface area contributed by atoms with Crippen LogP contribution in [-0.4, -0.2) is 35.3 Å². The first-order valence-corrected chi connectivity index (χ1v) is 5.47. The van der Waals surface area contributed by atoms with Crippen LogP contribution in [0.25, 0.3) is 11.4 Å². The maximum Gasteiger partial charge on any atom is 0.161 e. The third-order valence-electron chi connectivity index (χ3n) is 2.41. The largest absolute Gasteiger partial charge is 0.389 e. The van der Waals surface area contributed by atoms with Crippen molar-refractivity contribution < 1.29 is 5.11 Å². The molecule has 2 heterocycles. The van der Waals surface area contributed by atoms with Crippen LogP contribution >= 0.6 is 0 Å². The lowest BCUT2D eigenvalue weighted by molar-refractivity contribution is 0.0582. The molecular weight excluding hydrogens is 218 g/mol. The van der Waals surface area contributed by atoms with Crippen molar-refractivity contribution in [3.63, 3.8) is 0 Å². The second-order valence-electron chi connectivity index (χ2n) is 4.86. The van der Waals surface area contributed by atoms with E-state index in [4.69, 9.17) is 0 Å². The summed E-state index contributed by atoms with van der Waals surface area (Å²) < 4.78 is 3.44. The van der Waals surface area contributed by atoms with E-state index in [1.165, 1.54) is 6.33 Å². The Balaban J connectivity index is 2.40. The molecule has 0 aliphatic carbocycles. The van der Waals surface area contributed by atoms with Crippen LogP contribution in [-0.2, 0) is 13.6 Å². The van der Waals surface area contributed by atoms with Crippen LogP contribution in [0.15, 0.2) is 12.5 Å². The second-order valence-corrected chi connectivity index (χ2v) is 4.86. The predicted octanol–water partition coefficient (Wildman–Crippen LogP) is 0.758. The summed E-state index contributed by atoms with van der Waals surface area (Å²) >= 11 is 0. The average Bonchev–Trinajstić information content (AvgIpc) is 2.70. The fourth-order valence-corrected chi connectivity index (χ4v) is 1.77. The normalized spacial score (nSPS) is 12.1. The van der Waals surface area contributed by atoms with Crippen LogP contribution in [0.2, 0.25) is 0 Å². The SMILES string of the molecule is Cc1nn(C)cc1-c1ncnn1CC(C)(C)O. The van der Waals surface area contributed by atoms with Gasteiger partial charge in [-0.05, 0) is 20.8 Å². The highest BCUT2D eigenvalue weighted by Crippen LogP contribution is 2.20. The van der Waals surface area contributed by atoms with Crippen LogP contribution in [0, 0.1) is 6.92 Å². The van der Waals surface area contributed by atoms with Crippen molar-refractivity contribution in [3.8, 4) is 11.4 Å². The number of rotatable bonds is 3. The highest BCUT2D eigenvalue weighted by Gasteiger charge is 2.19. The monoisotopic (exact) mass is 235 g/mol. The number of nitrogens with zero attached hydrogens (tertiary/aromatic N) is 5. The Morgan fingerprint density at radius 2 is 2.12 bits per heavy atom. The Kier molecular flexibility index (Phi) is 2.74. The smallest absolute Gasteiger partial charge is 0.161 e. The zero-order valence-electron chi connectivity index (χ0n) is 10.5. The van der Waals surface area contributed by atoms with E-state index < -0.39 is 5.60 Å². The lowest BCUT2D eigenvalue weighted by Gasteiger charge is -2.17. The van der Waals surface area contributed by atoms with Crippen molar-refractivity contribution >= 4 is 0 Å². The van der Waals surface area contributed by atoms with Crippen LogP contribution in [0.5, 0.6) is 0 Å². The zero-order chi connectivity index (χ0) is 12.6. The van der Waals surface area contributed by atoms with Gasteiger partial charge in [-0.1, -0.05) is 0 Å². The molecule has 0 atom stereocenters. The third-order valence-corrected chi connectivity index (χ3v) is 2.41. The van der Waals surface area contributed by atoms with Crippen molar-refractivity contribution in [3.05, 3.63) is 18.2 Å². The van der Waals surface area contributed by atoms with Gasteiger partial charge in [-0.25, -0.2) is 9.67 Å². The Morgan fingerprint density at radius 1 is 1.41 bits per heavy atom. The first-order valence-electron chi connectivity index (χ1n) is 5.47. The quantitative estimate of drug-likeness (QED) is 0.852. The summed E-state index contributed by atoms with van der Waals surface area (Å²) in [7, 11) is 1.87. The predicted molar refractivity (Wildman–Crippen MR) is 63.3 cm³/mol. The summed E-state index contributed by atoms with van der Waals surface area (Å²) in [5.41, 5.74) is 1.02. The van der Waals surface area contributed by atoms with Crippen molar-refractivity contribution in [2.75, 3.05) is 0 Å². The van der Waals surface area contributed by atoms with E-state index in [9.17, 15) is 5.11 Å². The molecule has 0 saturated heterocycles. The van der Waals surface area contributed by atoms with Crippen LogP contribution in [0.1, 0.15) is 19.5 Å². The summed E-state index contributed by atoms with van der Waals surface area (Å²) in [5.74, 6) is 0.734. The summed E-state index contributed by atoms with van der Waals surface area (Å²) in [6, 6.07) is 0. The molecule has 6 nitrogen and oxygen atoms in total. The van der Waals surface area contributed by atoms with Gasteiger partial charge in [0.1, 0.15) is 6.33 Å². The van der Waals surface area contributed by atoms with Crippen LogP contribution in [0.4, 0.5) is 0 Å². The van der Waals surface area contributed by atoms with E-state index in [1.54, 1.807) is 23.2 Å². The molecule has 0 aromatic carbocycles. The van der Waals surface area contributed by atoms with Gasteiger partial charge in [0.25, 0.3) is 0 Å². The molecule has 2 aromatic rings. The van der Waals surface area contributed by atoms with E-state index in [2.05, 4.69) is 15.2 Å². The molecule has 92 valence electrons. The fourth-order valence-electron chi connectivity index (χ4n) is 1.77. The molecule has 0 aliphatic heterocycles. The first kappa shape index (κ1) is 11.8. The first-order chi connectivity index (χ1) is 7.87. The van der Waals surface area contributed by atoms with Crippen molar-refractivity contribution in [1.82, 2.24) is 24.5 Å². The highest BCUT2D eigenvalue weighted by atomic mass is 16.3. The van der Waals surface area contributed by atoms with E-state index in [0.29, 0.717) is 6.54 Å². The zero-order valence-corrected chi connectivity index (χ0v) is 10.5. The average molecular weight is 235 g/mol. The molecule has 0 aliphatic rings. The van der Waals surface area contributed by atoms with E-state index in [-0.39, 0.29) is 0 Å².